The van der Waals surface area contributed by atoms with E-state index in [0.29, 0.717) is 25.9 Å². The maximum Gasteiger partial charge on any atom is 0.416 e. The Morgan fingerprint density at radius 1 is 1.17 bits per heavy atom. The van der Waals surface area contributed by atoms with E-state index in [4.69, 9.17) is 0 Å². The number of halogens is 3. The Labute approximate surface area is 140 Å². The lowest BCUT2D eigenvalue weighted by Gasteiger charge is -2.26. The van der Waals surface area contributed by atoms with Gasteiger partial charge in [0.2, 0.25) is 0 Å². The molecular formula is C17H25F3N2O2. The van der Waals surface area contributed by atoms with Crippen molar-refractivity contribution in [1.82, 2.24) is 10.6 Å². The Morgan fingerprint density at radius 2 is 1.75 bits per heavy atom. The molecule has 1 aromatic carbocycles. The van der Waals surface area contributed by atoms with Crippen LogP contribution in [0.4, 0.5) is 18.0 Å². The summed E-state index contributed by atoms with van der Waals surface area (Å²) < 4.78 is 37.4. The van der Waals surface area contributed by atoms with Gasteiger partial charge in [0.15, 0.2) is 0 Å². The molecule has 136 valence electrons. The summed E-state index contributed by atoms with van der Waals surface area (Å²) in [4.78, 5) is 11.7. The van der Waals surface area contributed by atoms with E-state index in [9.17, 15) is 23.1 Å². The fraction of sp³-hybridized carbons (Fsp3) is 0.588. The second kappa shape index (κ2) is 8.37. The summed E-state index contributed by atoms with van der Waals surface area (Å²) in [5.74, 6) is 0. The van der Waals surface area contributed by atoms with Crippen LogP contribution in [0.3, 0.4) is 0 Å². The van der Waals surface area contributed by atoms with E-state index in [0.717, 1.165) is 17.7 Å². The van der Waals surface area contributed by atoms with E-state index in [-0.39, 0.29) is 11.4 Å². The van der Waals surface area contributed by atoms with Crippen molar-refractivity contribution in [2.75, 3.05) is 13.1 Å². The number of hydrogen-bond donors (Lipinski definition) is 3. The van der Waals surface area contributed by atoms with E-state index in [1.807, 2.05) is 13.8 Å². The van der Waals surface area contributed by atoms with Gasteiger partial charge in [0.25, 0.3) is 0 Å². The Balaban J connectivity index is 2.33. The number of aliphatic hydroxyl groups excluding tert-OH is 1. The van der Waals surface area contributed by atoms with E-state index in [1.165, 1.54) is 12.1 Å². The van der Waals surface area contributed by atoms with Gasteiger partial charge in [0, 0.05) is 13.1 Å². The summed E-state index contributed by atoms with van der Waals surface area (Å²) >= 11 is 0. The molecule has 0 aliphatic rings. The highest BCUT2D eigenvalue weighted by atomic mass is 19.4. The summed E-state index contributed by atoms with van der Waals surface area (Å²) in [5.41, 5.74) is -0.186. The first-order valence-corrected chi connectivity index (χ1v) is 7.85. The second-order valence-corrected chi connectivity index (χ2v) is 6.77. The normalized spacial score (nSPS) is 13.5. The van der Waals surface area contributed by atoms with Gasteiger partial charge < -0.3 is 15.7 Å². The number of hydrogen-bond acceptors (Lipinski definition) is 2. The first-order valence-electron chi connectivity index (χ1n) is 7.85. The van der Waals surface area contributed by atoms with Crippen molar-refractivity contribution in [2.45, 2.75) is 45.9 Å². The second-order valence-electron chi connectivity index (χ2n) is 6.77. The van der Waals surface area contributed by atoms with Crippen LogP contribution in [0, 0.1) is 5.41 Å². The third kappa shape index (κ3) is 7.68. The first-order chi connectivity index (χ1) is 11.0. The first kappa shape index (κ1) is 20.3. The summed E-state index contributed by atoms with van der Waals surface area (Å²) in [6.07, 6.45) is -3.76. The highest BCUT2D eigenvalue weighted by molar-refractivity contribution is 5.73. The zero-order valence-corrected chi connectivity index (χ0v) is 14.2. The zero-order valence-electron chi connectivity index (χ0n) is 14.2. The number of carbonyl (C=O) groups is 1. The number of aliphatic hydroxyl groups is 1. The van der Waals surface area contributed by atoms with Crippen LogP contribution < -0.4 is 10.6 Å². The minimum atomic E-state index is -4.34. The summed E-state index contributed by atoms with van der Waals surface area (Å²) in [5, 5.41) is 14.8. The molecule has 0 aromatic heterocycles. The predicted molar refractivity (Wildman–Crippen MR) is 86.6 cm³/mol. The topological polar surface area (TPSA) is 61.4 Å². The molecule has 24 heavy (non-hydrogen) atoms. The van der Waals surface area contributed by atoms with E-state index in [1.54, 1.807) is 6.92 Å². The van der Waals surface area contributed by atoms with Crippen molar-refractivity contribution >= 4 is 6.03 Å². The third-order valence-corrected chi connectivity index (χ3v) is 3.56. The van der Waals surface area contributed by atoms with Crippen LogP contribution in [0.25, 0.3) is 0 Å². The van der Waals surface area contributed by atoms with Crippen LogP contribution in [0.5, 0.6) is 0 Å². The van der Waals surface area contributed by atoms with E-state index < -0.39 is 17.8 Å². The number of nitrogens with one attached hydrogen (secondary N) is 2. The molecule has 1 aromatic rings. The van der Waals surface area contributed by atoms with Crippen molar-refractivity contribution < 1.29 is 23.1 Å². The van der Waals surface area contributed by atoms with Gasteiger partial charge >= 0.3 is 12.2 Å². The molecule has 1 rings (SSSR count). The Kier molecular flexibility index (Phi) is 7.08. The molecule has 0 aliphatic carbocycles. The molecule has 0 bridgehead atoms. The summed E-state index contributed by atoms with van der Waals surface area (Å²) in [6.45, 7) is 6.34. The fourth-order valence-electron chi connectivity index (χ4n) is 2.43. The zero-order chi connectivity index (χ0) is 18.4. The molecule has 2 amide bonds. The van der Waals surface area contributed by atoms with Crippen molar-refractivity contribution in [1.29, 1.82) is 0 Å². The molecule has 4 nitrogen and oxygen atoms in total. The average molecular weight is 346 g/mol. The lowest BCUT2D eigenvalue weighted by atomic mass is 9.87. The maximum absolute atomic E-state index is 12.5. The molecule has 0 saturated carbocycles. The van der Waals surface area contributed by atoms with Gasteiger partial charge in [-0.3, -0.25) is 0 Å². The summed E-state index contributed by atoms with van der Waals surface area (Å²) in [6, 6.07) is 4.56. The quantitative estimate of drug-likeness (QED) is 0.709. The highest BCUT2D eigenvalue weighted by Crippen LogP contribution is 2.29. The molecule has 3 N–H and O–H groups in total. The molecule has 0 radical (unpaired) electrons. The molecule has 0 aliphatic heterocycles. The third-order valence-electron chi connectivity index (χ3n) is 3.56. The number of carbonyl (C=O) groups excluding carboxylic acids is 1. The van der Waals surface area contributed by atoms with Crippen LogP contribution in [0.2, 0.25) is 0 Å². The molecule has 0 saturated heterocycles. The minimum absolute atomic E-state index is 0.223. The minimum Gasteiger partial charge on any atom is -0.393 e. The predicted octanol–water partition coefficient (Wildman–Crippen LogP) is 3.34. The van der Waals surface area contributed by atoms with E-state index >= 15 is 0 Å². The number of amides is 2. The molecule has 7 heteroatoms. The van der Waals surface area contributed by atoms with Gasteiger partial charge in [-0.2, -0.15) is 13.2 Å². The van der Waals surface area contributed by atoms with Gasteiger partial charge in [-0.1, -0.05) is 26.0 Å². The standard InChI is InChI=1S/C17H25F3N2O2/c1-12(23)10-16(2,3)11-22-15(24)21-9-8-13-4-6-14(7-5-13)17(18,19)20/h4-7,12,23H,8-11H2,1-3H3,(H2,21,22,24). The van der Waals surface area contributed by atoms with Crippen molar-refractivity contribution in [3.05, 3.63) is 35.4 Å². The molecule has 1 atom stereocenters. The van der Waals surface area contributed by atoms with Crippen LogP contribution >= 0.6 is 0 Å². The van der Waals surface area contributed by atoms with Gasteiger partial charge in [-0.15, -0.1) is 0 Å². The fourth-order valence-corrected chi connectivity index (χ4v) is 2.43. The van der Waals surface area contributed by atoms with Crippen molar-refractivity contribution in [3.8, 4) is 0 Å². The molecule has 0 fully saturated rings. The van der Waals surface area contributed by atoms with Gasteiger partial charge in [0.05, 0.1) is 11.7 Å². The van der Waals surface area contributed by atoms with Crippen LogP contribution in [-0.4, -0.2) is 30.3 Å². The van der Waals surface area contributed by atoms with E-state index in [2.05, 4.69) is 10.6 Å². The molecular weight excluding hydrogens is 321 g/mol. The van der Waals surface area contributed by atoms with Gasteiger partial charge in [-0.25, -0.2) is 4.79 Å². The summed E-state index contributed by atoms with van der Waals surface area (Å²) in [7, 11) is 0. The van der Waals surface area contributed by atoms with Crippen molar-refractivity contribution in [2.24, 2.45) is 5.41 Å². The Morgan fingerprint density at radius 3 is 2.25 bits per heavy atom. The molecule has 1 unspecified atom stereocenters. The Bertz CT molecular complexity index is 526. The number of benzene rings is 1. The van der Waals surface area contributed by atoms with Gasteiger partial charge in [-0.05, 0) is 42.9 Å². The lowest BCUT2D eigenvalue weighted by molar-refractivity contribution is -0.137. The highest BCUT2D eigenvalue weighted by Gasteiger charge is 2.29. The van der Waals surface area contributed by atoms with Crippen molar-refractivity contribution in [3.63, 3.8) is 0 Å². The molecule has 0 spiro atoms. The number of urea groups is 1. The largest absolute Gasteiger partial charge is 0.416 e. The Hall–Kier alpha value is -1.76. The van der Waals surface area contributed by atoms with Crippen LogP contribution in [0.15, 0.2) is 24.3 Å². The average Bonchev–Trinajstić information content (AvgIpc) is 2.43. The van der Waals surface area contributed by atoms with Crippen LogP contribution in [-0.2, 0) is 12.6 Å². The van der Waals surface area contributed by atoms with Crippen LogP contribution in [0.1, 0.15) is 38.3 Å². The molecule has 0 heterocycles. The number of alkyl halides is 3. The lowest BCUT2D eigenvalue weighted by Crippen LogP contribution is -2.42. The monoisotopic (exact) mass is 346 g/mol. The smallest absolute Gasteiger partial charge is 0.393 e. The maximum atomic E-state index is 12.5. The van der Waals surface area contributed by atoms with Gasteiger partial charge in [0.1, 0.15) is 0 Å². The SMILES string of the molecule is CC(O)CC(C)(C)CNC(=O)NCCc1ccc(C(F)(F)F)cc1. The number of rotatable bonds is 7.